The van der Waals surface area contributed by atoms with Crippen molar-refractivity contribution >= 4 is 23.2 Å². The van der Waals surface area contributed by atoms with Gasteiger partial charge in [0.05, 0.1) is 6.54 Å². The summed E-state index contributed by atoms with van der Waals surface area (Å²) >= 11 is 6.05. The van der Waals surface area contributed by atoms with Crippen molar-refractivity contribution in [3.05, 3.63) is 28.8 Å². The standard InChI is InChI=1S/C14H20ClN3O/c1-16-9-11-8-12(15)4-5-13(11)18-7-3-6-17(2)14(19)10-18/h4-5,8,16H,3,6-7,9-10H2,1-2H3. The predicted octanol–water partition coefficient (Wildman–Crippen LogP) is 1.73. The Morgan fingerprint density at radius 3 is 2.89 bits per heavy atom. The molecule has 0 bridgehead atoms. The molecule has 0 radical (unpaired) electrons. The Morgan fingerprint density at radius 2 is 2.16 bits per heavy atom. The van der Waals surface area contributed by atoms with Crippen LogP contribution in [0.2, 0.25) is 5.02 Å². The van der Waals surface area contributed by atoms with E-state index in [-0.39, 0.29) is 5.91 Å². The Balaban J connectivity index is 2.27. The van der Waals surface area contributed by atoms with Crippen molar-refractivity contribution in [3.8, 4) is 0 Å². The first-order valence-corrected chi connectivity index (χ1v) is 6.91. The Morgan fingerprint density at radius 1 is 1.37 bits per heavy atom. The summed E-state index contributed by atoms with van der Waals surface area (Å²) in [6, 6.07) is 5.86. The summed E-state index contributed by atoms with van der Waals surface area (Å²) in [5, 5.41) is 3.87. The van der Waals surface area contributed by atoms with Gasteiger partial charge in [-0.25, -0.2) is 0 Å². The molecule has 104 valence electrons. The van der Waals surface area contributed by atoms with Gasteiger partial charge >= 0.3 is 0 Å². The number of rotatable bonds is 3. The maximum Gasteiger partial charge on any atom is 0.241 e. The minimum atomic E-state index is 0.169. The molecule has 1 heterocycles. The third-order valence-corrected chi connectivity index (χ3v) is 3.66. The van der Waals surface area contributed by atoms with Crippen molar-refractivity contribution in [1.82, 2.24) is 10.2 Å². The molecule has 1 fully saturated rings. The number of amides is 1. The quantitative estimate of drug-likeness (QED) is 0.917. The highest BCUT2D eigenvalue weighted by Gasteiger charge is 2.20. The molecule has 1 aliphatic heterocycles. The molecule has 4 nitrogen and oxygen atoms in total. The number of likely N-dealkylation sites (N-methyl/N-ethyl adjacent to an activating group) is 1. The van der Waals surface area contributed by atoms with Crippen molar-refractivity contribution in [2.24, 2.45) is 0 Å². The fourth-order valence-electron chi connectivity index (χ4n) is 2.39. The number of benzene rings is 1. The number of anilines is 1. The van der Waals surface area contributed by atoms with Gasteiger partial charge in [-0.2, -0.15) is 0 Å². The first-order valence-electron chi connectivity index (χ1n) is 6.53. The van der Waals surface area contributed by atoms with Gasteiger partial charge in [0, 0.05) is 37.4 Å². The molecule has 0 aromatic heterocycles. The number of halogens is 1. The average molecular weight is 282 g/mol. The zero-order chi connectivity index (χ0) is 13.8. The summed E-state index contributed by atoms with van der Waals surface area (Å²) in [5.41, 5.74) is 2.23. The van der Waals surface area contributed by atoms with Crippen LogP contribution in [0.4, 0.5) is 5.69 Å². The Labute approximate surface area is 119 Å². The highest BCUT2D eigenvalue weighted by atomic mass is 35.5. The number of hydrogen-bond acceptors (Lipinski definition) is 3. The Hall–Kier alpha value is -1.26. The topological polar surface area (TPSA) is 35.6 Å². The molecule has 19 heavy (non-hydrogen) atoms. The lowest BCUT2D eigenvalue weighted by molar-refractivity contribution is -0.127. The van der Waals surface area contributed by atoms with E-state index in [0.717, 1.165) is 42.3 Å². The molecule has 2 rings (SSSR count). The van der Waals surface area contributed by atoms with Crippen molar-refractivity contribution in [1.29, 1.82) is 0 Å². The molecule has 0 atom stereocenters. The SMILES string of the molecule is CNCc1cc(Cl)ccc1N1CCCN(C)C(=O)C1. The minimum Gasteiger partial charge on any atom is -0.362 e. The maximum atomic E-state index is 12.0. The van der Waals surface area contributed by atoms with Gasteiger partial charge in [0.2, 0.25) is 5.91 Å². The number of carbonyl (C=O) groups excluding carboxylic acids is 1. The lowest BCUT2D eigenvalue weighted by Gasteiger charge is -2.25. The van der Waals surface area contributed by atoms with E-state index in [1.165, 1.54) is 0 Å². The van der Waals surface area contributed by atoms with E-state index in [0.29, 0.717) is 6.54 Å². The maximum absolute atomic E-state index is 12.0. The van der Waals surface area contributed by atoms with Crippen LogP contribution < -0.4 is 10.2 Å². The van der Waals surface area contributed by atoms with Crippen molar-refractivity contribution < 1.29 is 4.79 Å². The molecular weight excluding hydrogens is 262 g/mol. The molecule has 1 N–H and O–H groups in total. The van der Waals surface area contributed by atoms with Crippen LogP contribution >= 0.6 is 11.6 Å². The van der Waals surface area contributed by atoms with Gasteiger partial charge in [0.1, 0.15) is 0 Å². The number of nitrogens with one attached hydrogen (secondary N) is 1. The zero-order valence-electron chi connectivity index (χ0n) is 11.4. The van der Waals surface area contributed by atoms with Crippen molar-refractivity contribution in [2.45, 2.75) is 13.0 Å². The Kier molecular flexibility index (Phi) is 4.66. The molecule has 0 aliphatic carbocycles. The van der Waals surface area contributed by atoms with E-state index < -0.39 is 0 Å². The smallest absolute Gasteiger partial charge is 0.241 e. The van der Waals surface area contributed by atoms with Crippen molar-refractivity contribution in [3.63, 3.8) is 0 Å². The van der Waals surface area contributed by atoms with Crippen LogP contribution in [0.1, 0.15) is 12.0 Å². The van der Waals surface area contributed by atoms with Crippen LogP contribution in [0.25, 0.3) is 0 Å². The van der Waals surface area contributed by atoms with E-state index in [4.69, 9.17) is 11.6 Å². The third-order valence-electron chi connectivity index (χ3n) is 3.42. The predicted molar refractivity (Wildman–Crippen MR) is 78.7 cm³/mol. The van der Waals surface area contributed by atoms with E-state index in [1.54, 1.807) is 4.90 Å². The summed E-state index contributed by atoms with van der Waals surface area (Å²) < 4.78 is 0. The second-order valence-electron chi connectivity index (χ2n) is 4.89. The summed E-state index contributed by atoms with van der Waals surface area (Å²) in [5.74, 6) is 0.169. The van der Waals surface area contributed by atoms with Crippen LogP contribution in [-0.4, -0.2) is 44.5 Å². The molecule has 0 saturated carbocycles. The zero-order valence-corrected chi connectivity index (χ0v) is 12.2. The fourth-order valence-corrected chi connectivity index (χ4v) is 2.58. The normalized spacial score (nSPS) is 16.7. The molecular formula is C14H20ClN3O. The lowest BCUT2D eigenvalue weighted by Crippen LogP contribution is -2.34. The van der Waals surface area contributed by atoms with Crippen LogP contribution in [-0.2, 0) is 11.3 Å². The molecule has 1 amide bonds. The van der Waals surface area contributed by atoms with Crippen LogP contribution in [0.3, 0.4) is 0 Å². The second kappa shape index (κ2) is 6.26. The molecule has 1 aromatic rings. The highest BCUT2D eigenvalue weighted by molar-refractivity contribution is 6.30. The molecule has 1 aromatic carbocycles. The van der Waals surface area contributed by atoms with Crippen LogP contribution in [0, 0.1) is 0 Å². The molecule has 5 heteroatoms. The van der Waals surface area contributed by atoms with Gasteiger partial charge in [0.15, 0.2) is 0 Å². The van der Waals surface area contributed by atoms with Crippen molar-refractivity contribution in [2.75, 3.05) is 38.6 Å². The summed E-state index contributed by atoms with van der Waals surface area (Å²) in [4.78, 5) is 15.9. The molecule has 0 unspecified atom stereocenters. The van der Waals surface area contributed by atoms with Gasteiger partial charge in [0.25, 0.3) is 0 Å². The van der Waals surface area contributed by atoms with E-state index in [1.807, 2.05) is 32.3 Å². The lowest BCUT2D eigenvalue weighted by atomic mass is 10.1. The highest BCUT2D eigenvalue weighted by Crippen LogP contribution is 2.25. The largest absolute Gasteiger partial charge is 0.362 e. The second-order valence-corrected chi connectivity index (χ2v) is 5.33. The first-order chi connectivity index (χ1) is 9.11. The number of carbonyl (C=O) groups is 1. The van der Waals surface area contributed by atoms with Gasteiger partial charge in [-0.3, -0.25) is 4.79 Å². The number of nitrogens with zero attached hydrogens (tertiary/aromatic N) is 2. The van der Waals surface area contributed by atoms with Gasteiger partial charge in [-0.1, -0.05) is 11.6 Å². The molecule has 1 aliphatic rings. The van der Waals surface area contributed by atoms with Gasteiger partial charge < -0.3 is 15.1 Å². The van der Waals surface area contributed by atoms with Crippen LogP contribution in [0.5, 0.6) is 0 Å². The molecule has 0 spiro atoms. The number of hydrogen-bond donors (Lipinski definition) is 1. The summed E-state index contributed by atoms with van der Waals surface area (Å²) in [6.07, 6.45) is 0.990. The molecule has 1 saturated heterocycles. The van der Waals surface area contributed by atoms with Gasteiger partial charge in [-0.05, 0) is 37.2 Å². The summed E-state index contributed by atoms with van der Waals surface area (Å²) in [7, 11) is 3.77. The van der Waals surface area contributed by atoms with E-state index in [2.05, 4.69) is 10.2 Å². The van der Waals surface area contributed by atoms with Gasteiger partial charge in [-0.15, -0.1) is 0 Å². The van der Waals surface area contributed by atoms with E-state index >= 15 is 0 Å². The summed E-state index contributed by atoms with van der Waals surface area (Å²) in [6.45, 7) is 2.91. The monoisotopic (exact) mass is 281 g/mol. The third kappa shape index (κ3) is 3.39. The van der Waals surface area contributed by atoms with Crippen LogP contribution in [0.15, 0.2) is 18.2 Å². The van der Waals surface area contributed by atoms with E-state index in [9.17, 15) is 4.79 Å². The Bertz CT molecular complexity index is 464. The minimum absolute atomic E-state index is 0.169. The first kappa shape index (κ1) is 14.2. The average Bonchev–Trinajstić information content (AvgIpc) is 2.53. The fraction of sp³-hybridized carbons (Fsp3) is 0.500.